The van der Waals surface area contributed by atoms with E-state index in [2.05, 4.69) is 21.4 Å². The van der Waals surface area contributed by atoms with Crippen LogP contribution in [0.25, 0.3) is 11.0 Å². The van der Waals surface area contributed by atoms with Gasteiger partial charge in [-0.15, -0.1) is 6.58 Å². The number of thioether (sulfide) groups is 1. The second kappa shape index (κ2) is 6.32. The van der Waals surface area contributed by atoms with Gasteiger partial charge in [-0.25, -0.2) is 9.78 Å². The number of benzene rings is 1. The van der Waals surface area contributed by atoms with Crippen molar-refractivity contribution in [2.45, 2.75) is 31.1 Å². The summed E-state index contributed by atoms with van der Waals surface area (Å²) in [5, 5.41) is 3.55. The molecular formula is C17H20N4O2S. The molecule has 1 aliphatic rings. The third-order valence-electron chi connectivity index (χ3n) is 3.92. The number of carbonyl (C=O) groups is 2. The number of imidazole rings is 1. The van der Waals surface area contributed by atoms with Gasteiger partial charge in [0.2, 0.25) is 0 Å². The molecule has 7 heteroatoms. The lowest BCUT2D eigenvalue weighted by molar-refractivity contribution is -0.130. The van der Waals surface area contributed by atoms with Crippen molar-refractivity contribution in [3.63, 3.8) is 0 Å². The van der Waals surface area contributed by atoms with E-state index < -0.39 is 5.54 Å². The average Bonchev–Trinajstić information content (AvgIpc) is 2.97. The molecule has 0 radical (unpaired) electrons. The van der Waals surface area contributed by atoms with Gasteiger partial charge in [0.25, 0.3) is 5.91 Å². The van der Waals surface area contributed by atoms with E-state index in [-0.39, 0.29) is 11.9 Å². The summed E-state index contributed by atoms with van der Waals surface area (Å²) < 4.78 is 2.09. The van der Waals surface area contributed by atoms with Crippen LogP contribution in [0.3, 0.4) is 0 Å². The number of allylic oxidation sites excluding steroid dienone is 1. The number of hydrogen-bond acceptors (Lipinski definition) is 4. The highest BCUT2D eigenvalue weighted by atomic mass is 32.2. The van der Waals surface area contributed by atoms with Gasteiger partial charge in [-0.1, -0.05) is 30.0 Å². The van der Waals surface area contributed by atoms with Crippen molar-refractivity contribution in [3.8, 4) is 0 Å². The van der Waals surface area contributed by atoms with E-state index in [1.807, 2.05) is 30.3 Å². The molecule has 0 saturated carbocycles. The molecule has 0 bridgehead atoms. The first-order valence-electron chi connectivity index (χ1n) is 7.77. The van der Waals surface area contributed by atoms with Crippen molar-refractivity contribution in [1.29, 1.82) is 0 Å². The summed E-state index contributed by atoms with van der Waals surface area (Å²) in [6.45, 7) is 8.25. The molecule has 1 N–H and O–H groups in total. The summed E-state index contributed by atoms with van der Waals surface area (Å²) in [6.07, 6.45) is 1.83. The molecule has 1 saturated heterocycles. The fourth-order valence-electron chi connectivity index (χ4n) is 2.72. The summed E-state index contributed by atoms with van der Waals surface area (Å²) in [4.78, 5) is 30.0. The van der Waals surface area contributed by atoms with Crippen LogP contribution in [0.1, 0.15) is 13.8 Å². The van der Waals surface area contributed by atoms with Crippen molar-refractivity contribution < 1.29 is 9.59 Å². The van der Waals surface area contributed by atoms with Crippen LogP contribution in [0, 0.1) is 0 Å². The Morgan fingerprint density at radius 3 is 2.75 bits per heavy atom. The molecule has 1 fully saturated rings. The van der Waals surface area contributed by atoms with Gasteiger partial charge in [0.15, 0.2) is 5.16 Å². The molecule has 2 heterocycles. The van der Waals surface area contributed by atoms with E-state index in [4.69, 9.17) is 0 Å². The Bertz CT molecular complexity index is 812. The number of fused-ring (bicyclic) bond motifs is 1. The summed E-state index contributed by atoms with van der Waals surface area (Å²) in [7, 11) is 0. The van der Waals surface area contributed by atoms with Gasteiger partial charge >= 0.3 is 6.03 Å². The standard InChI is InChI=1S/C17H20N4O2S/c1-4-9-20-13-8-6-5-7-12(13)18-16(20)24-11-10-21-14(22)17(2,3)19-15(21)23/h4-8H,1,9-11H2,2-3H3,(H,19,23). The number of carbonyl (C=O) groups excluding carboxylic acids is 2. The van der Waals surface area contributed by atoms with Crippen LogP contribution in [-0.2, 0) is 11.3 Å². The Kier molecular flexibility index (Phi) is 4.36. The normalized spacial score (nSPS) is 16.7. The van der Waals surface area contributed by atoms with E-state index in [9.17, 15) is 9.59 Å². The van der Waals surface area contributed by atoms with Gasteiger partial charge < -0.3 is 9.88 Å². The number of rotatable bonds is 6. The maximum absolute atomic E-state index is 12.2. The largest absolute Gasteiger partial charge is 0.325 e. The molecule has 3 rings (SSSR count). The van der Waals surface area contributed by atoms with Crippen LogP contribution in [-0.4, -0.2) is 44.2 Å². The fraction of sp³-hybridized carbons (Fsp3) is 0.353. The van der Waals surface area contributed by atoms with Gasteiger partial charge in [0, 0.05) is 18.8 Å². The number of hydrogen-bond donors (Lipinski definition) is 1. The molecule has 0 atom stereocenters. The molecule has 3 amide bonds. The monoisotopic (exact) mass is 344 g/mol. The van der Waals surface area contributed by atoms with E-state index >= 15 is 0 Å². The molecular weight excluding hydrogens is 324 g/mol. The number of aromatic nitrogens is 2. The van der Waals surface area contributed by atoms with Crippen molar-refractivity contribution in [1.82, 2.24) is 19.8 Å². The molecule has 0 spiro atoms. The van der Waals surface area contributed by atoms with E-state index in [0.717, 1.165) is 16.2 Å². The van der Waals surface area contributed by atoms with Crippen LogP contribution in [0.4, 0.5) is 4.79 Å². The van der Waals surface area contributed by atoms with Gasteiger partial charge in [0.05, 0.1) is 11.0 Å². The number of nitrogens with one attached hydrogen (secondary N) is 1. The molecule has 1 aliphatic heterocycles. The molecule has 0 aliphatic carbocycles. The maximum atomic E-state index is 12.2. The Hall–Kier alpha value is -2.28. The lowest BCUT2D eigenvalue weighted by Gasteiger charge is -2.15. The molecule has 6 nitrogen and oxygen atoms in total. The second-order valence-corrected chi connectivity index (χ2v) is 7.20. The van der Waals surface area contributed by atoms with Crippen LogP contribution < -0.4 is 5.32 Å². The molecule has 24 heavy (non-hydrogen) atoms. The van der Waals surface area contributed by atoms with Gasteiger partial charge in [0.1, 0.15) is 5.54 Å². The highest BCUT2D eigenvalue weighted by molar-refractivity contribution is 7.99. The highest BCUT2D eigenvalue weighted by Gasteiger charge is 2.43. The zero-order valence-electron chi connectivity index (χ0n) is 13.8. The minimum Gasteiger partial charge on any atom is -0.324 e. The summed E-state index contributed by atoms with van der Waals surface area (Å²) in [6, 6.07) is 7.60. The first-order chi connectivity index (χ1) is 11.4. The number of amides is 3. The Balaban J connectivity index is 1.72. The van der Waals surface area contributed by atoms with Crippen LogP contribution in [0.2, 0.25) is 0 Å². The van der Waals surface area contributed by atoms with E-state index in [1.54, 1.807) is 13.8 Å². The third-order valence-corrected chi connectivity index (χ3v) is 4.88. The lowest BCUT2D eigenvalue weighted by atomic mass is 10.1. The Labute approximate surface area is 144 Å². The summed E-state index contributed by atoms with van der Waals surface area (Å²) in [5.41, 5.74) is 1.16. The summed E-state index contributed by atoms with van der Waals surface area (Å²) >= 11 is 1.53. The topological polar surface area (TPSA) is 67.2 Å². The van der Waals surface area contributed by atoms with Crippen molar-refractivity contribution in [3.05, 3.63) is 36.9 Å². The smallest absolute Gasteiger partial charge is 0.324 e. The zero-order valence-corrected chi connectivity index (χ0v) is 14.6. The number of imide groups is 1. The minimum atomic E-state index is -0.822. The Morgan fingerprint density at radius 1 is 1.33 bits per heavy atom. The van der Waals surface area contributed by atoms with Gasteiger partial charge in [-0.3, -0.25) is 9.69 Å². The number of nitrogens with zero attached hydrogens (tertiary/aromatic N) is 3. The predicted octanol–water partition coefficient (Wildman–Crippen LogP) is 2.64. The Morgan fingerprint density at radius 2 is 2.08 bits per heavy atom. The van der Waals surface area contributed by atoms with E-state index in [0.29, 0.717) is 18.8 Å². The molecule has 0 unspecified atom stereocenters. The van der Waals surface area contributed by atoms with Crippen molar-refractivity contribution in [2.24, 2.45) is 0 Å². The molecule has 126 valence electrons. The lowest BCUT2D eigenvalue weighted by Crippen LogP contribution is -2.40. The maximum Gasteiger partial charge on any atom is 0.325 e. The van der Waals surface area contributed by atoms with Crippen molar-refractivity contribution in [2.75, 3.05) is 12.3 Å². The first-order valence-corrected chi connectivity index (χ1v) is 8.75. The predicted molar refractivity (Wildman–Crippen MR) is 95.0 cm³/mol. The van der Waals surface area contributed by atoms with Crippen molar-refractivity contribution >= 4 is 34.7 Å². The first kappa shape index (κ1) is 16.6. The highest BCUT2D eigenvalue weighted by Crippen LogP contribution is 2.25. The van der Waals surface area contributed by atoms with E-state index in [1.165, 1.54) is 16.7 Å². The average molecular weight is 344 g/mol. The summed E-state index contributed by atoms with van der Waals surface area (Å²) in [5.74, 6) is 0.406. The second-order valence-electron chi connectivity index (χ2n) is 6.14. The van der Waals surface area contributed by atoms with Crippen LogP contribution >= 0.6 is 11.8 Å². The van der Waals surface area contributed by atoms with Gasteiger partial charge in [-0.05, 0) is 26.0 Å². The molecule has 1 aromatic heterocycles. The SMILES string of the molecule is C=CCn1c(SCCN2C(=O)NC(C)(C)C2=O)nc2ccccc21. The van der Waals surface area contributed by atoms with Crippen LogP contribution in [0.5, 0.6) is 0 Å². The van der Waals surface area contributed by atoms with Crippen LogP contribution in [0.15, 0.2) is 42.1 Å². The minimum absolute atomic E-state index is 0.187. The molecule has 2 aromatic rings. The number of urea groups is 1. The molecule has 1 aromatic carbocycles. The van der Waals surface area contributed by atoms with Gasteiger partial charge in [-0.2, -0.15) is 0 Å². The number of para-hydroxylation sites is 2. The fourth-order valence-corrected chi connectivity index (χ4v) is 3.67. The zero-order chi connectivity index (χ0) is 17.3. The third kappa shape index (κ3) is 2.91. The quantitative estimate of drug-likeness (QED) is 0.497.